The van der Waals surface area contributed by atoms with Gasteiger partial charge in [-0.25, -0.2) is 0 Å². The Morgan fingerprint density at radius 1 is 0.562 bits per heavy atom. The Morgan fingerprint density at radius 3 is 1.16 bits per heavy atom. The largest absolute Gasteiger partial charge is 0.366 e. The summed E-state index contributed by atoms with van der Waals surface area (Å²) in [5.41, 5.74) is 12.2. The smallest absolute Gasteiger partial charge is 0.249 e. The maximum Gasteiger partial charge on any atom is 0.249 e. The number of nitrogens with two attached hydrogens (primary N) is 2. The number of benzene rings is 3. The summed E-state index contributed by atoms with van der Waals surface area (Å²) >= 11 is 6.75. The first kappa shape index (κ1) is 23.6. The van der Waals surface area contributed by atoms with Crippen LogP contribution in [-0.4, -0.2) is 23.4 Å². The van der Waals surface area contributed by atoms with E-state index in [4.69, 9.17) is 11.5 Å². The number of Topliss-reactive ketones (excluding diaryl/α,β-unsaturated/α-hetero) is 2. The highest BCUT2D eigenvalue weighted by molar-refractivity contribution is 9.09. The first-order chi connectivity index (χ1) is 15.2. The number of carbonyl (C=O) groups is 4. The number of ketones is 2. The Balaban J connectivity index is 2.25. The number of carbonyl (C=O) groups excluding carboxylic acids is 4. The van der Waals surface area contributed by atoms with E-state index >= 15 is 0 Å². The van der Waals surface area contributed by atoms with Crippen LogP contribution in [0, 0.1) is 0 Å². The Labute approximate surface area is 201 Å². The van der Waals surface area contributed by atoms with E-state index < -0.39 is 21.5 Å². The van der Waals surface area contributed by atoms with Crippen LogP contribution in [0.25, 0.3) is 0 Å². The molecule has 0 aliphatic heterocycles. The van der Waals surface area contributed by atoms with E-state index in [1.165, 1.54) is 12.1 Å². The van der Waals surface area contributed by atoms with Gasteiger partial charge in [-0.1, -0.05) is 92.5 Å². The zero-order chi connectivity index (χ0) is 23.4. The van der Waals surface area contributed by atoms with Crippen molar-refractivity contribution < 1.29 is 19.2 Å². The van der Waals surface area contributed by atoms with Crippen LogP contribution in [0.3, 0.4) is 0 Å². The third-order valence-corrected chi connectivity index (χ3v) is 6.65. The molecule has 0 fully saturated rings. The molecule has 0 heterocycles. The van der Waals surface area contributed by atoms with Gasteiger partial charge in [-0.15, -0.1) is 0 Å². The summed E-state index contributed by atoms with van der Waals surface area (Å²) in [6.07, 6.45) is 0. The molecule has 2 atom stereocenters. The van der Waals surface area contributed by atoms with Crippen LogP contribution in [0.1, 0.15) is 62.2 Å². The first-order valence-electron chi connectivity index (χ1n) is 9.47. The summed E-state index contributed by atoms with van der Waals surface area (Å²) in [6.45, 7) is 0. The highest BCUT2D eigenvalue weighted by Crippen LogP contribution is 2.41. The number of rotatable bonds is 8. The molecule has 0 aliphatic carbocycles. The van der Waals surface area contributed by atoms with Crippen molar-refractivity contribution in [3.8, 4) is 0 Å². The van der Waals surface area contributed by atoms with Crippen molar-refractivity contribution >= 4 is 55.2 Å². The van der Waals surface area contributed by atoms with Crippen LogP contribution < -0.4 is 11.5 Å². The molecule has 162 valence electrons. The fourth-order valence-electron chi connectivity index (χ4n) is 3.37. The predicted octanol–water partition coefficient (Wildman–Crippen LogP) is 4.52. The molecule has 3 aromatic carbocycles. The zero-order valence-electron chi connectivity index (χ0n) is 16.6. The van der Waals surface area contributed by atoms with Crippen molar-refractivity contribution in [3.05, 3.63) is 106 Å². The number of alkyl halides is 2. The molecule has 8 heteroatoms. The van der Waals surface area contributed by atoms with Crippen LogP contribution in [0.4, 0.5) is 0 Å². The Bertz CT molecular complexity index is 1100. The van der Waals surface area contributed by atoms with Gasteiger partial charge in [-0.05, 0) is 23.3 Å². The van der Waals surface area contributed by atoms with Gasteiger partial charge >= 0.3 is 0 Å². The first-order valence-corrected chi connectivity index (χ1v) is 11.3. The summed E-state index contributed by atoms with van der Waals surface area (Å²) in [5.74, 6) is -2.37. The minimum atomic E-state index is -1.06. The summed E-state index contributed by atoms with van der Waals surface area (Å²) < 4.78 is 0. The number of hydrogen-bond acceptors (Lipinski definition) is 4. The van der Waals surface area contributed by atoms with Crippen molar-refractivity contribution in [1.82, 2.24) is 0 Å². The molecular formula is C24H18Br2N2O4. The molecule has 6 nitrogen and oxygen atoms in total. The molecular weight excluding hydrogens is 540 g/mol. The van der Waals surface area contributed by atoms with Crippen molar-refractivity contribution in [2.45, 2.75) is 9.65 Å². The maximum absolute atomic E-state index is 13.2. The van der Waals surface area contributed by atoms with Gasteiger partial charge in [-0.2, -0.15) is 0 Å². The van der Waals surface area contributed by atoms with E-state index in [1.807, 2.05) is 0 Å². The number of halogens is 2. The molecule has 2 unspecified atom stereocenters. The molecule has 0 radical (unpaired) electrons. The van der Waals surface area contributed by atoms with Crippen LogP contribution in [0.2, 0.25) is 0 Å². The van der Waals surface area contributed by atoms with E-state index in [9.17, 15) is 19.2 Å². The standard InChI is InChI=1S/C24H18Br2N2O4/c25-19(21(29)13-7-3-1-4-8-13)17-15(23(27)31)11-12-16(24(28)32)18(17)20(26)22(30)14-9-5-2-6-10-14/h1-12,19-20H,(H2,27,31)(H2,28,32). The number of hydrogen-bond donors (Lipinski definition) is 2. The van der Waals surface area contributed by atoms with Crippen LogP contribution >= 0.6 is 31.9 Å². The third-order valence-electron chi connectivity index (χ3n) is 4.90. The normalized spacial score (nSPS) is 12.6. The SMILES string of the molecule is NC(=O)c1ccc(C(N)=O)c(C(Br)C(=O)c2ccccc2)c1C(Br)C(=O)c1ccccc1. The molecule has 0 aromatic heterocycles. The second-order valence-corrected chi connectivity index (χ2v) is 8.73. The fraction of sp³-hybridized carbons (Fsp3) is 0.0833. The van der Waals surface area contributed by atoms with Gasteiger partial charge < -0.3 is 11.5 Å². The van der Waals surface area contributed by atoms with E-state index in [2.05, 4.69) is 31.9 Å². The third kappa shape index (κ3) is 4.71. The average molecular weight is 558 g/mol. The summed E-state index contributed by atoms with van der Waals surface area (Å²) in [4.78, 5) is 48.8. The molecule has 0 aliphatic rings. The Kier molecular flexibility index (Phi) is 7.37. The molecule has 0 saturated carbocycles. The molecule has 2 amide bonds. The summed E-state index contributed by atoms with van der Waals surface area (Å²) in [6, 6.07) is 19.5. The topological polar surface area (TPSA) is 120 Å². The molecule has 0 saturated heterocycles. The van der Waals surface area contributed by atoms with Gasteiger partial charge in [0.1, 0.15) is 9.65 Å². The number of amides is 2. The minimum absolute atomic E-state index is 0.00136. The van der Waals surface area contributed by atoms with Crippen LogP contribution in [0.15, 0.2) is 72.8 Å². The van der Waals surface area contributed by atoms with Gasteiger partial charge in [-0.3, -0.25) is 19.2 Å². The van der Waals surface area contributed by atoms with Crippen LogP contribution in [-0.2, 0) is 0 Å². The van der Waals surface area contributed by atoms with Crippen LogP contribution in [0.5, 0.6) is 0 Å². The lowest BCUT2D eigenvalue weighted by molar-refractivity contribution is 0.0965. The quantitative estimate of drug-likeness (QED) is 0.312. The molecule has 3 rings (SSSR count). The Morgan fingerprint density at radius 2 is 0.875 bits per heavy atom. The summed E-state index contributed by atoms with van der Waals surface area (Å²) in [7, 11) is 0. The van der Waals surface area contributed by atoms with E-state index in [0.29, 0.717) is 11.1 Å². The molecule has 0 spiro atoms. The van der Waals surface area contributed by atoms with Crippen molar-refractivity contribution in [3.63, 3.8) is 0 Å². The molecule has 0 bridgehead atoms. The van der Waals surface area contributed by atoms with Gasteiger partial charge in [0.2, 0.25) is 11.8 Å². The molecule has 32 heavy (non-hydrogen) atoms. The summed E-state index contributed by atoms with van der Waals surface area (Å²) in [5, 5.41) is 0. The maximum atomic E-state index is 13.2. The average Bonchev–Trinajstić information content (AvgIpc) is 2.82. The van der Waals surface area contributed by atoms with E-state index in [-0.39, 0.29) is 33.8 Å². The predicted molar refractivity (Wildman–Crippen MR) is 128 cm³/mol. The zero-order valence-corrected chi connectivity index (χ0v) is 19.8. The Hall–Kier alpha value is -3.10. The highest BCUT2D eigenvalue weighted by Gasteiger charge is 2.34. The molecule has 4 N–H and O–H groups in total. The number of primary amides is 2. The second kappa shape index (κ2) is 10.0. The van der Waals surface area contributed by atoms with Crippen molar-refractivity contribution in [2.75, 3.05) is 0 Å². The highest BCUT2D eigenvalue weighted by atomic mass is 79.9. The van der Waals surface area contributed by atoms with Crippen molar-refractivity contribution in [1.29, 1.82) is 0 Å². The van der Waals surface area contributed by atoms with Crippen molar-refractivity contribution in [2.24, 2.45) is 11.5 Å². The van der Waals surface area contributed by atoms with E-state index in [0.717, 1.165) is 0 Å². The lowest BCUT2D eigenvalue weighted by atomic mass is 9.87. The van der Waals surface area contributed by atoms with Gasteiger partial charge in [0.25, 0.3) is 0 Å². The van der Waals surface area contributed by atoms with E-state index in [1.54, 1.807) is 60.7 Å². The van der Waals surface area contributed by atoms with Gasteiger partial charge in [0.15, 0.2) is 11.6 Å². The second-order valence-electron chi connectivity index (χ2n) is 6.90. The lowest BCUT2D eigenvalue weighted by Gasteiger charge is -2.23. The fourth-order valence-corrected chi connectivity index (χ4v) is 4.89. The lowest BCUT2D eigenvalue weighted by Crippen LogP contribution is -2.25. The van der Waals surface area contributed by atoms with Gasteiger partial charge in [0.05, 0.1) is 0 Å². The monoisotopic (exact) mass is 556 g/mol. The minimum Gasteiger partial charge on any atom is -0.366 e. The van der Waals surface area contributed by atoms with Gasteiger partial charge in [0, 0.05) is 22.3 Å². The molecule has 3 aromatic rings.